The molecule has 1 aromatic rings. The third kappa shape index (κ3) is 9.45. The number of hydrogen-bond donors (Lipinski definition) is 2. The molecule has 6 nitrogen and oxygen atoms in total. The summed E-state index contributed by atoms with van der Waals surface area (Å²) in [6.45, 7) is 7.82. The SMILES string of the molecule is CCCCOCCCNC(=NCc1ccc(S(C)(=O)=O)cc1)NCC. The first kappa shape index (κ1) is 21.4. The summed E-state index contributed by atoms with van der Waals surface area (Å²) < 4.78 is 28.5. The third-order valence-corrected chi connectivity index (χ3v) is 4.64. The average molecular weight is 370 g/mol. The van der Waals surface area contributed by atoms with Crippen molar-refractivity contribution in [2.24, 2.45) is 4.99 Å². The maximum Gasteiger partial charge on any atom is 0.191 e. The van der Waals surface area contributed by atoms with Gasteiger partial charge in [-0.25, -0.2) is 13.4 Å². The highest BCUT2D eigenvalue weighted by Crippen LogP contribution is 2.10. The van der Waals surface area contributed by atoms with Crippen LogP contribution in [-0.4, -0.2) is 46.9 Å². The summed E-state index contributed by atoms with van der Waals surface area (Å²) in [5, 5.41) is 6.48. The lowest BCUT2D eigenvalue weighted by molar-refractivity contribution is 0.129. The van der Waals surface area contributed by atoms with Crippen molar-refractivity contribution in [1.82, 2.24) is 10.6 Å². The van der Waals surface area contributed by atoms with E-state index in [2.05, 4.69) is 22.5 Å². The molecule has 0 aromatic heterocycles. The van der Waals surface area contributed by atoms with E-state index in [1.165, 1.54) is 6.26 Å². The van der Waals surface area contributed by atoms with Crippen LogP contribution in [0.5, 0.6) is 0 Å². The van der Waals surface area contributed by atoms with Gasteiger partial charge in [-0.3, -0.25) is 0 Å². The van der Waals surface area contributed by atoms with E-state index in [0.717, 1.165) is 57.1 Å². The molecule has 1 aromatic carbocycles. The molecule has 142 valence electrons. The molecular weight excluding hydrogens is 338 g/mol. The van der Waals surface area contributed by atoms with Crippen LogP contribution in [0, 0.1) is 0 Å². The lowest BCUT2D eigenvalue weighted by atomic mass is 10.2. The number of rotatable bonds is 11. The van der Waals surface area contributed by atoms with Crippen molar-refractivity contribution in [2.45, 2.75) is 44.6 Å². The predicted octanol–water partition coefficient (Wildman–Crippen LogP) is 2.35. The van der Waals surface area contributed by atoms with Crippen LogP contribution in [0.1, 0.15) is 38.7 Å². The first-order valence-electron chi connectivity index (χ1n) is 8.86. The standard InChI is InChI=1S/C18H31N3O3S/c1-4-6-13-24-14-7-12-20-18(19-5-2)21-15-16-8-10-17(11-9-16)25(3,22)23/h8-11H,4-7,12-15H2,1-3H3,(H2,19,20,21). The Balaban J connectivity index is 2.44. The lowest BCUT2D eigenvalue weighted by Gasteiger charge is -2.11. The van der Waals surface area contributed by atoms with E-state index in [1.54, 1.807) is 24.3 Å². The van der Waals surface area contributed by atoms with Gasteiger partial charge in [0.05, 0.1) is 11.4 Å². The van der Waals surface area contributed by atoms with Crippen LogP contribution in [0.25, 0.3) is 0 Å². The predicted molar refractivity (Wildman–Crippen MR) is 103 cm³/mol. The minimum atomic E-state index is -3.16. The third-order valence-electron chi connectivity index (χ3n) is 3.52. The number of nitrogens with one attached hydrogen (secondary N) is 2. The topological polar surface area (TPSA) is 79.8 Å². The Morgan fingerprint density at radius 2 is 1.76 bits per heavy atom. The van der Waals surface area contributed by atoms with Crippen molar-refractivity contribution in [3.8, 4) is 0 Å². The summed E-state index contributed by atoms with van der Waals surface area (Å²) in [6, 6.07) is 6.83. The lowest BCUT2D eigenvalue weighted by Crippen LogP contribution is -2.38. The molecule has 1 rings (SSSR count). The van der Waals surface area contributed by atoms with E-state index in [9.17, 15) is 8.42 Å². The molecule has 0 aliphatic carbocycles. The van der Waals surface area contributed by atoms with Crippen molar-refractivity contribution in [3.05, 3.63) is 29.8 Å². The summed E-state index contributed by atoms with van der Waals surface area (Å²) in [6.07, 6.45) is 4.40. The maximum absolute atomic E-state index is 11.5. The fourth-order valence-corrected chi connectivity index (χ4v) is 2.71. The first-order valence-corrected chi connectivity index (χ1v) is 10.8. The molecule has 25 heavy (non-hydrogen) atoms. The minimum absolute atomic E-state index is 0.327. The molecule has 7 heteroatoms. The van der Waals surface area contributed by atoms with Crippen LogP contribution in [0.2, 0.25) is 0 Å². The summed E-state index contributed by atoms with van der Waals surface area (Å²) >= 11 is 0. The van der Waals surface area contributed by atoms with Gasteiger partial charge < -0.3 is 15.4 Å². The van der Waals surface area contributed by atoms with Gasteiger partial charge in [0.2, 0.25) is 0 Å². The van der Waals surface area contributed by atoms with Crippen LogP contribution in [0.3, 0.4) is 0 Å². The van der Waals surface area contributed by atoms with Gasteiger partial charge in [0.15, 0.2) is 15.8 Å². The van der Waals surface area contributed by atoms with Crippen LogP contribution in [-0.2, 0) is 21.1 Å². The second-order valence-electron chi connectivity index (χ2n) is 5.86. The van der Waals surface area contributed by atoms with Crippen molar-refractivity contribution in [3.63, 3.8) is 0 Å². The van der Waals surface area contributed by atoms with E-state index in [4.69, 9.17) is 4.74 Å². The zero-order valence-electron chi connectivity index (χ0n) is 15.5. The van der Waals surface area contributed by atoms with Crippen molar-refractivity contribution >= 4 is 15.8 Å². The van der Waals surface area contributed by atoms with Crippen molar-refractivity contribution < 1.29 is 13.2 Å². The largest absolute Gasteiger partial charge is 0.381 e. The number of guanidine groups is 1. The van der Waals surface area contributed by atoms with Crippen molar-refractivity contribution in [1.29, 1.82) is 0 Å². The smallest absolute Gasteiger partial charge is 0.191 e. The van der Waals surface area contributed by atoms with Crippen LogP contribution < -0.4 is 10.6 Å². The Kier molecular flexibility index (Phi) is 10.2. The van der Waals surface area contributed by atoms with Gasteiger partial charge in [-0.1, -0.05) is 25.5 Å². The molecule has 0 aliphatic rings. The number of nitrogens with zero attached hydrogens (tertiary/aromatic N) is 1. The average Bonchev–Trinajstić information content (AvgIpc) is 2.58. The van der Waals surface area contributed by atoms with Crippen LogP contribution in [0.4, 0.5) is 0 Å². The van der Waals surface area contributed by atoms with Gasteiger partial charge >= 0.3 is 0 Å². The molecule has 0 radical (unpaired) electrons. The normalized spacial score (nSPS) is 12.2. The Morgan fingerprint density at radius 1 is 1.08 bits per heavy atom. The molecule has 0 bridgehead atoms. The molecule has 0 atom stereocenters. The summed E-state index contributed by atoms with van der Waals surface area (Å²) in [4.78, 5) is 4.85. The number of hydrogen-bond acceptors (Lipinski definition) is 4. The zero-order valence-corrected chi connectivity index (χ0v) is 16.4. The maximum atomic E-state index is 11.5. The number of sulfone groups is 1. The minimum Gasteiger partial charge on any atom is -0.381 e. The highest BCUT2D eigenvalue weighted by atomic mass is 32.2. The summed E-state index contributed by atoms with van der Waals surface area (Å²) in [5.74, 6) is 0.753. The van der Waals surface area contributed by atoms with Gasteiger partial charge in [0.25, 0.3) is 0 Å². The molecule has 0 amide bonds. The number of aliphatic imine (C=N–C) groups is 1. The molecular formula is C18H31N3O3S. The molecule has 0 saturated carbocycles. The molecule has 0 unspecified atom stereocenters. The fourth-order valence-electron chi connectivity index (χ4n) is 2.08. The molecule has 0 heterocycles. The summed E-state index contributed by atoms with van der Waals surface area (Å²) in [7, 11) is -3.16. The van der Waals surface area contributed by atoms with Gasteiger partial charge in [0, 0.05) is 32.6 Å². The number of unbranched alkanes of at least 4 members (excludes halogenated alkanes) is 1. The Labute approximate surface area is 152 Å². The fraction of sp³-hybridized carbons (Fsp3) is 0.611. The first-order chi connectivity index (χ1) is 12.0. The molecule has 0 spiro atoms. The van der Waals surface area contributed by atoms with Gasteiger partial charge in [-0.15, -0.1) is 0 Å². The van der Waals surface area contributed by atoms with Crippen molar-refractivity contribution in [2.75, 3.05) is 32.6 Å². The Bertz CT molecular complexity index is 613. The monoisotopic (exact) mass is 369 g/mol. The number of ether oxygens (including phenoxy) is 1. The van der Waals surface area contributed by atoms with E-state index in [1.807, 2.05) is 6.92 Å². The zero-order chi connectivity index (χ0) is 18.5. The second-order valence-corrected chi connectivity index (χ2v) is 7.87. The van der Waals surface area contributed by atoms with E-state index < -0.39 is 9.84 Å². The quantitative estimate of drug-likeness (QED) is 0.356. The molecule has 0 aliphatic heterocycles. The van der Waals surface area contributed by atoms with Gasteiger partial charge in [-0.05, 0) is 37.5 Å². The highest BCUT2D eigenvalue weighted by Gasteiger charge is 2.06. The Hall–Kier alpha value is -1.60. The van der Waals surface area contributed by atoms with E-state index in [-0.39, 0.29) is 0 Å². The van der Waals surface area contributed by atoms with E-state index in [0.29, 0.717) is 11.4 Å². The Morgan fingerprint density at radius 3 is 2.36 bits per heavy atom. The summed E-state index contributed by atoms with van der Waals surface area (Å²) in [5.41, 5.74) is 0.965. The van der Waals surface area contributed by atoms with Crippen LogP contribution in [0.15, 0.2) is 34.2 Å². The molecule has 0 fully saturated rings. The molecule has 0 saturated heterocycles. The van der Waals surface area contributed by atoms with Crippen LogP contribution >= 0.6 is 0 Å². The highest BCUT2D eigenvalue weighted by molar-refractivity contribution is 7.90. The number of benzene rings is 1. The molecule has 2 N–H and O–H groups in total. The van der Waals surface area contributed by atoms with E-state index >= 15 is 0 Å². The van der Waals surface area contributed by atoms with Gasteiger partial charge in [0.1, 0.15) is 0 Å². The second kappa shape index (κ2) is 11.9. The van der Waals surface area contributed by atoms with Gasteiger partial charge in [-0.2, -0.15) is 0 Å².